The van der Waals surface area contributed by atoms with Crippen LogP contribution in [0.2, 0.25) is 0 Å². The van der Waals surface area contributed by atoms with Gasteiger partial charge in [0.1, 0.15) is 0 Å². The summed E-state index contributed by atoms with van der Waals surface area (Å²) in [5.41, 5.74) is 1.45. The van der Waals surface area contributed by atoms with E-state index in [0.717, 1.165) is 5.56 Å². The van der Waals surface area contributed by atoms with Crippen LogP contribution >= 0.6 is 0 Å². The molecule has 0 saturated carbocycles. The molecule has 1 saturated heterocycles. The number of benzene rings is 2. The predicted octanol–water partition coefficient (Wildman–Crippen LogP) is 2.24. The summed E-state index contributed by atoms with van der Waals surface area (Å²) in [5, 5.41) is 3.00. The first-order valence-corrected chi connectivity index (χ1v) is 9.49. The van der Waals surface area contributed by atoms with Crippen LogP contribution in [0.15, 0.2) is 60.7 Å². The van der Waals surface area contributed by atoms with E-state index in [4.69, 9.17) is 0 Å². The topological polar surface area (TPSA) is 69.7 Å². The van der Waals surface area contributed by atoms with E-state index >= 15 is 0 Å². The van der Waals surface area contributed by atoms with E-state index in [2.05, 4.69) is 5.32 Å². The van der Waals surface area contributed by atoms with Gasteiger partial charge in [-0.05, 0) is 17.7 Å². The molecule has 0 aromatic heterocycles. The second-order valence-corrected chi connectivity index (χ2v) is 6.89. The number of hydrogen-bond acceptors (Lipinski definition) is 3. The van der Waals surface area contributed by atoms with Crippen molar-refractivity contribution < 1.29 is 14.4 Å². The molecule has 6 nitrogen and oxygen atoms in total. The van der Waals surface area contributed by atoms with E-state index < -0.39 is 6.04 Å². The van der Waals surface area contributed by atoms with Crippen LogP contribution in [0, 0.1) is 0 Å². The summed E-state index contributed by atoms with van der Waals surface area (Å²) < 4.78 is 0. The van der Waals surface area contributed by atoms with Crippen LogP contribution in [0.25, 0.3) is 0 Å². The molecule has 1 fully saturated rings. The fourth-order valence-electron chi connectivity index (χ4n) is 3.34. The molecule has 6 heteroatoms. The molecule has 0 bridgehead atoms. The summed E-state index contributed by atoms with van der Waals surface area (Å²) in [5.74, 6) is -0.196. The minimum Gasteiger partial charge on any atom is -0.345 e. The third kappa shape index (κ3) is 4.97. The third-order valence-electron chi connectivity index (χ3n) is 5.00. The van der Waals surface area contributed by atoms with Gasteiger partial charge in [-0.15, -0.1) is 0 Å². The number of hydrogen-bond donors (Lipinski definition) is 1. The molecule has 146 valence electrons. The summed E-state index contributed by atoms with van der Waals surface area (Å²) in [6.07, 6.45) is 0.183. The second kappa shape index (κ2) is 9.17. The Morgan fingerprint density at radius 2 is 1.39 bits per heavy atom. The first-order chi connectivity index (χ1) is 13.5. The standard InChI is InChI=1S/C22H25N3O3/c1-17(26)24-12-14-25(15-13-24)21(27)16-20(18-8-4-2-5-9-18)23-22(28)19-10-6-3-7-11-19/h2-11,20H,12-16H2,1H3,(H,23,28). The summed E-state index contributed by atoms with van der Waals surface area (Å²) >= 11 is 0. The normalized spacial score (nSPS) is 15.0. The molecule has 1 aliphatic heterocycles. The Balaban J connectivity index is 1.69. The summed E-state index contributed by atoms with van der Waals surface area (Å²) in [6.45, 7) is 3.68. The van der Waals surface area contributed by atoms with Crippen molar-refractivity contribution in [2.45, 2.75) is 19.4 Å². The molecular weight excluding hydrogens is 354 g/mol. The summed E-state index contributed by atoms with van der Waals surface area (Å²) in [4.78, 5) is 40.5. The monoisotopic (exact) mass is 379 g/mol. The van der Waals surface area contributed by atoms with Crippen LogP contribution in [0.3, 0.4) is 0 Å². The average molecular weight is 379 g/mol. The molecular formula is C22H25N3O3. The lowest BCUT2D eigenvalue weighted by Gasteiger charge is -2.35. The number of rotatable bonds is 5. The van der Waals surface area contributed by atoms with Crippen LogP contribution < -0.4 is 5.32 Å². The van der Waals surface area contributed by atoms with Crippen molar-refractivity contribution in [2.24, 2.45) is 0 Å². The molecule has 3 amide bonds. The van der Waals surface area contributed by atoms with Crippen molar-refractivity contribution in [1.82, 2.24) is 15.1 Å². The zero-order chi connectivity index (χ0) is 19.9. The van der Waals surface area contributed by atoms with E-state index in [-0.39, 0.29) is 24.1 Å². The van der Waals surface area contributed by atoms with Crippen LogP contribution in [-0.2, 0) is 9.59 Å². The number of nitrogens with one attached hydrogen (secondary N) is 1. The quantitative estimate of drug-likeness (QED) is 0.866. The van der Waals surface area contributed by atoms with Crippen molar-refractivity contribution in [3.05, 3.63) is 71.8 Å². The van der Waals surface area contributed by atoms with Gasteiger partial charge in [-0.25, -0.2) is 0 Å². The van der Waals surface area contributed by atoms with Gasteiger partial charge in [-0.2, -0.15) is 0 Å². The van der Waals surface area contributed by atoms with Gasteiger partial charge >= 0.3 is 0 Å². The minimum absolute atomic E-state index is 0.0228. The number of amides is 3. The van der Waals surface area contributed by atoms with E-state index in [9.17, 15) is 14.4 Å². The number of carbonyl (C=O) groups is 3. The summed E-state index contributed by atoms with van der Waals surface area (Å²) in [7, 11) is 0. The van der Waals surface area contributed by atoms with E-state index in [1.54, 1.807) is 28.9 Å². The van der Waals surface area contributed by atoms with Gasteiger partial charge in [0.25, 0.3) is 5.91 Å². The maximum absolute atomic E-state index is 12.8. The third-order valence-corrected chi connectivity index (χ3v) is 5.00. The highest BCUT2D eigenvalue weighted by Gasteiger charge is 2.26. The van der Waals surface area contributed by atoms with Crippen LogP contribution in [-0.4, -0.2) is 53.7 Å². The SMILES string of the molecule is CC(=O)N1CCN(C(=O)CC(NC(=O)c2ccccc2)c2ccccc2)CC1. The van der Waals surface area contributed by atoms with Crippen molar-refractivity contribution in [2.75, 3.05) is 26.2 Å². The molecule has 2 aromatic carbocycles. The number of piperazine rings is 1. The molecule has 1 unspecified atom stereocenters. The lowest BCUT2D eigenvalue weighted by Crippen LogP contribution is -2.50. The molecule has 2 aromatic rings. The Hall–Kier alpha value is -3.15. The first-order valence-electron chi connectivity index (χ1n) is 9.49. The van der Waals surface area contributed by atoms with E-state index in [1.165, 1.54) is 0 Å². The maximum Gasteiger partial charge on any atom is 0.251 e. The highest BCUT2D eigenvalue weighted by Crippen LogP contribution is 2.19. The number of carbonyl (C=O) groups excluding carboxylic acids is 3. The Morgan fingerprint density at radius 1 is 0.857 bits per heavy atom. The predicted molar refractivity (Wildman–Crippen MR) is 107 cm³/mol. The highest BCUT2D eigenvalue weighted by molar-refractivity contribution is 5.94. The van der Waals surface area contributed by atoms with Gasteiger partial charge in [0.2, 0.25) is 11.8 Å². The lowest BCUT2D eigenvalue weighted by molar-refractivity contribution is -0.138. The minimum atomic E-state index is -0.410. The zero-order valence-electron chi connectivity index (χ0n) is 16.0. The fraction of sp³-hybridized carbons (Fsp3) is 0.318. The van der Waals surface area contributed by atoms with Gasteiger partial charge in [0, 0.05) is 38.7 Å². The molecule has 3 rings (SSSR count). The largest absolute Gasteiger partial charge is 0.345 e. The van der Waals surface area contributed by atoms with Gasteiger partial charge in [0.15, 0.2) is 0 Å². The van der Waals surface area contributed by atoms with E-state index in [0.29, 0.717) is 31.7 Å². The van der Waals surface area contributed by atoms with Crippen molar-refractivity contribution >= 4 is 17.7 Å². The molecule has 28 heavy (non-hydrogen) atoms. The van der Waals surface area contributed by atoms with Crippen molar-refractivity contribution in [1.29, 1.82) is 0 Å². The zero-order valence-corrected chi connectivity index (χ0v) is 16.0. The van der Waals surface area contributed by atoms with Gasteiger partial charge in [0.05, 0.1) is 12.5 Å². The fourth-order valence-corrected chi connectivity index (χ4v) is 3.34. The van der Waals surface area contributed by atoms with Crippen LogP contribution in [0.5, 0.6) is 0 Å². The van der Waals surface area contributed by atoms with Gasteiger partial charge in [-0.1, -0.05) is 48.5 Å². The van der Waals surface area contributed by atoms with Crippen LogP contribution in [0.1, 0.15) is 35.3 Å². The maximum atomic E-state index is 12.8. The molecule has 1 aliphatic rings. The Morgan fingerprint density at radius 3 is 1.96 bits per heavy atom. The van der Waals surface area contributed by atoms with Crippen molar-refractivity contribution in [3.63, 3.8) is 0 Å². The van der Waals surface area contributed by atoms with Gasteiger partial charge < -0.3 is 15.1 Å². The molecule has 1 N–H and O–H groups in total. The Bertz CT molecular complexity index is 815. The Kier molecular flexibility index (Phi) is 6.42. The summed E-state index contributed by atoms with van der Waals surface area (Å²) in [6, 6.07) is 18.1. The second-order valence-electron chi connectivity index (χ2n) is 6.89. The molecule has 0 radical (unpaired) electrons. The molecule has 1 atom stereocenters. The Labute approximate surface area is 165 Å². The smallest absolute Gasteiger partial charge is 0.251 e. The van der Waals surface area contributed by atoms with E-state index in [1.807, 2.05) is 48.5 Å². The first kappa shape index (κ1) is 19.6. The highest BCUT2D eigenvalue weighted by atomic mass is 16.2. The molecule has 0 spiro atoms. The molecule has 0 aliphatic carbocycles. The average Bonchev–Trinajstić information content (AvgIpc) is 2.74. The van der Waals surface area contributed by atoms with Crippen LogP contribution in [0.4, 0.5) is 0 Å². The molecule has 1 heterocycles. The van der Waals surface area contributed by atoms with Gasteiger partial charge in [-0.3, -0.25) is 14.4 Å². The lowest BCUT2D eigenvalue weighted by atomic mass is 10.0. The number of nitrogens with zero attached hydrogens (tertiary/aromatic N) is 2. The van der Waals surface area contributed by atoms with Crippen molar-refractivity contribution in [3.8, 4) is 0 Å².